The van der Waals surface area contributed by atoms with Gasteiger partial charge in [-0.3, -0.25) is 4.79 Å². The molecule has 2 heterocycles. The summed E-state index contributed by atoms with van der Waals surface area (Å²) in [5, 5.41) is 4.10. The summed E-state index contributed by atoms with van der Waals surface area (Å²) in [6.45, 7) is 5.30. The van der Waals surface area contributed by atoms with Gasteiger partial charge in [-0.1, -0.05) is 6.07 Å². The molecule has 21 heavy (non-hydrogen) atoms. The van der Waals surface area contributed by atoms with Crippen molar-refractivity contribution in [3.8, 4) is 0 Å². The number of anilines is 1. The van der Waals surface area contributed by atoms with Crippen LogP contribution >= 0.6 is 0 Å². The molecule has 0 bridgehead atoms. The highest BCUT2D eigenvalue weighted by Gasteiger charge is 2.28. The number of rotatable bonds is 2. The van der Waals surface area contributed by atoms with Crippen LogP contribution in [0.3, 0.4) is 0 Å². The van der Waals surface area contributed by atoms with E-state index < -0.39 is 0 Å². The molecule has 0 aliphatic carbocycles. The zero-order chi connectivity index (χ0) is 15.0. The van der Waals surface area contributed by atoms with Gasteiger partial charge >= 0.3 is 0 Å². The van der Waals surface area contributed by atoms with E-state index in [1.165, 1.54) is 6.33 Å². The fourth-order valence-electron chi connectivity index (χ4n) is 2.83. The molecule has 2 atom stereocenters. The van der Waals surface area contributed by atoms with Gasteiger partial charge in [0, 0.05) is 24.5 Å². The molecule has 0 radical (unpaired) electrons. The Kier molecular flexibility index (Phi) is 3.47. The van der Waals surface area contributed by atoms with E-state index in [9.17, 15) is 4.79 Å². The molecule has 6 nitrogen and oxygen atoms in total. The fourth-order valence-corrected chi connectivity index (χ4v) is 2.83. The van der Waals surface area contributed by atoms with Gasteiger partial charge in [-0.25, -0.2) is 9.97 Å². The van der Waals surface area contributed by atoms with Gasteiger partial charge in [0.05, 0.1) is 11.6 Å². The van der Waals surface area contributed by atoms with Crippen LogP contribution in [0, 0.1) is 0 Å². The highest BCUT2D eigenvalue weighted by atomic mass is 16.2. The number of hydrogen-bond donors (Lipinski definition) is 2. The SMILES string of the molecule is CC1CN(Cc2ccc3c(N)ncnc3c2)C(=O)[C@H](C)N1. The molecule has 1 saturated heterocycles. The van der Waals surface area contributed by atoms with Gasteiger partial charge in [-0.2, -0.15) is 0 Å². The van der Waals surface area contributed by atoms with Crippen molar-refractivity contribution in [3.05, 3.63) is 30.1 Å². The number of nitrogen functional groups attached to an aromatic ring is 1. The van der Waals surface area contributed by atoms with E-state index in [2.05, 4.69) is 22.2 Å². The average molecular weight is 285 g/mol. The third-order valence-electron chi connectivity index (χ3n) is 3.82. The third kappa shape index (κ3) is 2.67. The number of nitrogens with one attached hydrogen (secondary N) is 1. The van der Waals surface area contributed by atoms with Gasteiger partial charge in [0.25, 0.3) is 0 Å². The maximum absolute atomic E-state index is 12.2. The molecule has 1 fully saturated rings. The van der Waals surface area contributed by atoms with Crippen molar-refractivity contribution in [2.24, 2.45) is 0 Å². The van der Waals surface area contributed by atoms with Gasteiger partial charge in [0.15, 0.2) is 0 Å². The predicted octanol–water partition coefficient (Wildman–Crippen LogP) is 0.921. The van der Waals surface area contributed by atoms with Crippen LogP contribution < -0.4 is 11.1 Å². The first-order chi connectivity index (χ1) is 10.0. The Morgan fingerprint density at radius 2 is 2.19 bits per heavy atom. The highest BCUT2D eigenvalue weighted by Crippen LogP contribution is 2.19. The number of nitrogens with two attached hydrogens (primary N) is 1. The van der Waals surface area contributed by atoms with E-state index in [1.54, 1.807) is 0 Å². The monoisotopic (exact) mass is 285 g/mol. The van der Waals surface area contributed by atoms with Crippen LogP contribution in [0.2, 0.25) is 0 Å². The average Bonchev–Trinajstić information content (AvgIpc) is 2.44. The minimum atomic E-state index is -0.132. The molecule has 1 amide bonds. The third-order valence-corrected chi connectivity index (χ3v) is 3.82. The molecule has 3 N–H and O–H groups in total. The molecular weight excluding hydrogens is 266 g/mol. The number of fused-ring (bicyclic) bond motifs is 1. The van der Waals surface area contributed by atoms with Gasteiger partial charge in [-0.05, 0) is 31.5 Å². The second-order valence-corrected chi connectivity index (χ2v) is 5.62. The van der Waals surface area contributed by atoms with E-state index in [1.807, 2.05) is 30.0 Å². The minimum Gasteiger partial charge on any atom is -0.383 e. The number of nitrogens with zero attached hydrogens (tertiary/aromatic N) is 3. The highest BCUT2D eigenvalue weighted by molar-refractivity contribution is 5.88. The van der Waals surface area contributed by atoms with Crippen molar-refractivity contribution in [1.82, 2.24) is 20.2 Å². The molecule has 0 saturated carbocycles. The first-order valence-electron chi connectivity index (χ1n) is 7.08. The number of hydrogen-bond acceptors (Lipinski definition) is 5. The van der Waals surface area contributed by atoms with Gasteiger partial charge in [-0.15, -0.1) is 0 Å². The Hall–Kier alpha value is -2.21. The van der Waals surface area contributed by atoms with Crippen LogP contribution in [0.4, 0.5) is 5.82 Å². The summed E-state index contributed by atoms with van der Waals surface area (Å²) in [6, 6.07) is 6.04. The Balaban J connectivity index is 1.86. The van der Waals surface area contributed by atoms with E-state index in [-0.39, 0.29) is 11.9 Å². The standard InChI is InChI=1S/C15H19N5O/c1-9-6-20(15(21)10(2)19-9)7-11-3-4-12-13(5-11)17-8-18-14(12)16/h3-5,8-10,19H,6-7H2,1-2H3,(H2,16,17,18)/t9?,10-/m0/s1. The second-order valence-electron chi connectivity index (χ2n) is 5.62. The molecule has 1 aromatic heterocycles. The van der Waals surface area contributed by atoms with Gasteiger partial charge < -0.3 is 16.0 Å². The van der Waals surface area contributed by atoms with Crippen molar-refractivity contribution in [3.63, 3.8) is 0 Å². The molecule has 1 aliphatic heterocycles. The van der Waals surface area contributed by atoms with Gasteiger partial charge in [0.1, 0.15) is 12.1 Å². The van der Waals surface area contributed by atoms with E-state index in [0.717, 1.165) is 16.5 Å². The van der Waals surface area contributed by atoms with Crippen LogP contribution in [-0.2, 0) is 11.3 Å². The zero-order valence-corrected chi connectivity index (χ0v) is 12.2. The fraction of sp³-hybridized carbons (Fsp3) is 0.400. The maximum Gasteiger partial charge on any atom is 0.239 e. The lowest BCUT2D eigenvalue weighted by Crippen LogP contribution is -2.57. The van der Waals surface area contributed by atoms with Crippen molar-refractivity contribution in [1.29, 1.82) is 0 Å². The molecule has 1 aliphatic rings. The number of piperazine rings is 1. The summed E-state index contributed by atoms with van der Waals surface area (Å²) in [7, 11) is 0. The van der Waals surface area contributed by atoms with Crippen LogP contribution in [0.25, 0.3) is 10.9 Å². The lowest BCUT2D eigenvalue weighted by Gasteiger charge is -2.35. The quantitative estimate of drug-likeness (QED) is 0.857. The Morgan fingerprint density at radius 3 is 3.00 bits per heavy atom. The summed E-state index contributed by atoms with van der Waals surface area (Å²) < 4.78 is 0. The molecule has 110 valence electrons. The van der Waals surface area contributed by atoms with Crippen molar-refractivity contribution in [2.75, 3.05) is 12.3 Å². The number of aromatic nitrogens is 2. The number of benzene rings is 1. The topological polar surface area (TPSA) is 84.1 Å². The molecular formula is C15H19N5O. The first kappa shape index (κ1) is 13.8. The zero-order valence-electron chi connectivity index (χ0n) is 12.2. The van der Waals surface area contributed by atoms with E-state index >= 15 is 0 Å². The van der Waals surface area contributed by atoms with Crippen LogP contribution in [0.1, 0.15) is 19.4 Å². The van der Waals surface area contributed by atoms with Crippen molar-refractivity contribution >= 4 is 22.6 Å². The Labute approximate surface area is 123 Å². The van der Waals surface area contributed by atoms with Crippen LogP contribution in [0.15, 0.2) is 24.5 Å². The summed E-state index contributed by atoms with van der Waals surface area (Å²) in [5.74, 6) is 0.613. The lowest BCUT2D eigenvalue weighted by molar-refractivity contribution is -0.136. The molecule has 1 unspecified atom stereocenters. The number of carbonyl (C=O) groups excluding carboxylic acids is 1. The molecule has 3 rings (SSSR count). The summed E-state index contributed by atoms with van der Waals surface area (Å²) in [5.41, 5.74) is 7.69. The van der Waals surface area contributed by atoms with Crippen LogP contribution in [-0.4, -0.2) is 39.4 Å². The number of amides is 1. The molecule has 1 aromatic carbocycles. The first-order valence-corrected chi connectivity index (χ1v) is 7.08. The Bertz CT molecular complexity index is 687. The summed E-state index contributed by atoms with van der Waals surface area (Å²) in [6.07, 6.45) is 1.46. The lowest BCUT2D eigenvalue weighted by atomic mass is 10.1. The van der Waals surface area contributed by atoms with E-state index in [4.69, 9.17) is 5.73 Å². The van der Waals surface area contributed by atoms with Crippen molar-refractivity contribution in [2.45, 2.75) is 32.5 Å². The predicted molar refractivity (Wildman–Crippen MR) is 81.4 cm³/mol. The molecule has 0 spiro atoms. The second kappa shape index (κ2) is 5.29. The normalized spacial score (nSPS) is 22.8. The van der Waals surface area contributed by atoms with Gasteiger partial charge in [0.2, 0.25) is 5.91 Å². The maximum atomic E-state index is 12.2. The van der Waals surface area contributed by atoms with E-state index in [0.29, 0.717) is 24.9 Å². The van der Waals surface area contributed by atoms with Crippen LogP contribution in [0.5, 0.6) is 0 Å². The number of carbonyl (C=O) groups is 1. The summed E-state index contributed by atoms with van der Waals surface area (Å²) >= 11 is 0. The van der Waals surface area contributed by atoms with Crippen molar-refractivity contribution < 1.29 is 4.79 Å². The minimum absolute atomic E-state index is 0.132. The largest absolute Gasteiger partial charge is 0.383 e. The molecule has 2 aromatic rings. The Morgan fingerprint density at radius 1 is 1.38 bits per heavy atom. The smallest absolute Gasteiger partial charge is 0.239 e. The molecule has 6 heteroatoms. The summed E-state index contributed by atoms with van der Waals surface area (Å²) in [4.78, 5) is 22.3.